The molecule has 0 spiro atoms. The zero-order valence-electron chi connectivity index (χ0n) is 14.0. The molecule has 2 aliphatic rings. The maximum Gasteiger partial charge on any atom is 0.267 e. The number of hydrogen-bond acceptors (Lipinski definition) is 4. The fourth-order valence-corrected chi connectivity index (χ4v) is 4.45. The quantitative estimate of drug-likeness (QED) is 0.744. The van der Waals surface area contributed by atoms with E-state index >= 15 is 0 Å². The largest absolute Gasteiger partial charge is 0.388 e. The Morgan fingerprint density at radius 1 is 1.19 bits per heavy atom. The first-order valence-corrected chi connectivity index (χ1v) is 8.74. The second kappa shape index (κ2) is 5.51. The minimum Gasteiger partial charge on any atom is -0.388 e. The van der Waals surface area contributed by atoms with Crippen molar-refractivity contribution in [2.45, 2.75) is 25.0 Å². The predicted octanol–water partition coefficient (Wildman–Crippen LogP) is 2.24. The Morgan fingerprint density at radius 2 is 2.04 bits per heavy atom. The van der Waals surface area contributed by atoms with E-state index in [1.165, 1.54) is 11.1 Å². The number of rotatable bonds is 2. The molecule has 6 heteroatoms. The van der Waals surface area contributed by atoms with Crippen LogP contribution in [0.25, 0.3) is 11.3 Å². The van der Waals surface area contributed by atoms with E-state index in [1.807, 2.05) is 24.7 Å². The number of hydrogen-bond donors (Lipinski definition) is 2. The van der Waals surface area contributed by atoms with E-state index in [0.717, 1.165) is 23.4 Å². The molecule has 2 aromatic heterocycles. The van der Waals surface area contributed by atoms with Gasteiger partial charge in [-0.1, -0.05) is 30.3 Å². The minimum absolute atomic E-state index is 0.0142. The highest BCUT2D eigenvalue weighted by Crippen LogP contribution is 2.49. The lowest BCUT2D eigenvalue weighted by molar-refractivity contribution is 0.0708. The van der Waals surface area contributed by atoms with E-state index < -0.39 is 12.0 Å². The van der Waals surface area contributed by atoms with Crippen LogP contribution in [0.3, 0.4) is 0 Å². The molecule has 3 N–H and O–H groups in total. The zero-order chi connectivity index (χ0) is 17.8. The summed E-state index contributed by atoms with van der Waals surface area (Å²) in [6.45, 7) is 0. The molecule has 6 nitrogen and oxygen atoms in total. The number of aliphatic hydroxyl groups excluding tert-OH is 1. The molecule has 3 heterocycles. The molecule has 0 fully saturated rings. The Bertz CT molecular complexity index is 1030. The summed E-state index contributed by atoms with van der Waals surface area (Å²) < 4.78 is 2.16. The van der Waals surface area contributed by atoms with Gasteiger partial charge < -0.3 is 15.4 Å². The van der Waals surface area contributed by atoms with Crippen molar-refractivity contribution >= 4 is 5.91 Å². The average molecular weight is 346 g/mol. The first-order valence-electron chi connectivity index (χ1n) is 8.74. The predicted molar refractivity (Wildman–Crippen MR) is 95.3 cm³/mol. The molecule has 3 atom stereocenters. The first-order chi connectivity index (χ1) is 12.6. The van der Waals surface area contributed by atoms with Crippen LogP contribution in [0, 0.1) is 5.92 Å². The first kappa shape index (κ1) is 15.3. The highest BCUT2D eigenvalue weighted by atomic mass is 16.3. The van der Waals surface area contributed by atoms with Crippen LogP contribution < -0.4 is 5.73 Å². The van der Waals surface area contributed by atoms with Gasteiger partial charge in [-0.15, -0.1) is 0 Å². The van der Waals surface area contributed by atoms with Crippen molar-refractivity contribution in [2.75, 3.05) is 0 Å². The Kier molecular flexibility index (Phi) is 3.24. The third-order valence-electron chi connectivity index (χ3n) is 5.63. The number of nitrogens with zero attached hydrogens (tertiary/aromatic N) is 3. The third-order valence-corrected chi connectivity index (χ3v) is 5.63. The van der Waals surface area contributed by atoms with E-state index in [4.69, 9.17) is 5.73 Å². The molecule has 1 aromatic carbocycles. The number of pyridine rings is 1. The van der Waals surface area contributed by atoms with Crippen molar-refractivity contribution in [2.24, 2.45) is 11.7 Å². The summed E-state index contributed by atoms with van der Waals surface area (Å²) in [5, 5.41) is 11.1. The minimum atomic E-state index is -0.653. The fourth-order valence-electron chi connectivity index (χ4n) is 4.45. The summed E-state index contributed by atoms with van der Waals surface area (Å²) in [5.74, 6) is -0.530. The molecule has 1 aliphatic heterocycles. The lowest BCUT2D eigenvalue weighted by Crippen LogP contribution is -2.29. The van der Waals surface area contributed by atoms with Crippen LogP contribution in [-0.4, -0.2) is 25.5 Å². The third kappa shape index (κ3) is 2.05. The second-order valence-corrected chi connectivity index (χ2v) is 6.96. The molecule has 0 bridgehead atoms. The van der Waals surface area contributed by atoms with Crippen molar-refractivity contribution in [3.8, 4) is 11.3 Å². The molecule has 5 rings (SSSR count). The molecule has 0 saturated heterocycles. The van der Waals surface area contributed by atoms with Gasteiger partial charge in [0.15, 0.2) is 0 Å². The van der Waals surface area contributed by atoms with Gasteiger partial charge in [0.25, 0.3) is 5.91 Å². The lowest BCUT2D eigenvalue weighted by Gasteiger charge is -2.34. The molecular weight excluding hydrogens is 328 g/mol. The van der Waals surface area contributed by atoms with Gasteiger partial charge in [0.2, 0.25) is 0 Å². The summed E-state index contributed by atoms with van der Waals surface area (Å²) in [4.78, 5) is 20.0. The lowest BCUT2D eigenvalue weighted by atomic mass is 9.77. The van der Waals surface area contributed by atoms with Crippen LogP contribution in [0.1, 0.15) is 45.9 Å². The number of primary amides is 1. The number of benzene rings is 1. The Morgan fingerprint density at radius 3 is 2.88 bits per heavy atom. The number of imidazole rings is 1. The van der Waals surface area contributed by atoms with E-state index in [1.54, 1.807) is 12.1 Å². The van der Waals surface area contributed by atoms with E-state index in [0.29, 0.717) is 6.42 Å². The number of aryl methyl sites for hydroxylation is 1. The number of aliphatic hydroxyl groups is 1. The molecule has 1 unspecified atom stereocenters. The summed E-state index contributed by atoms with van der Waals surface area (Å²) in [6.07, 6.45) is 4.56. The number of aromatic nitrogens is 3. The highest BCUT2D eigenvalue weighted by Gasteiger charge is 2.40. The van der Waals surface area contributed by atoms with Crippen molar-refractivity contribution in [1.82, 2.24) is 14.5 Å². The van der Waals surface area contributed by atoms with Crippen molar-refractivity contribution < 1.29 is 9.90 Å². The smallest absolute Gasteiger partial charge is 0.267 e. The van der Waals surface area contributed by atoms with Gasteiger partial charge >= 0.3 is 0 Å². The topological polar surface area (TPSA) is 94.0 Å². The van der Waals surface area contributed by atoms with Gasteiger partial charge in [0, 0.05) is 22.7 Å². The average Bonchev–Trinajstić information content (AvgIpc) is 3.23. The van der Waals surface area contributed by atoms with Crippen LogP contribution in [0.5, 0.6) is 0 Å². The summed E-state index contributed by atoms with van der Waals surface area (Å²) in [5.41, 5.74) is 10.6. The number of fused-ring (bicyclic) bond motifs is 4. The van der Waals surface area contributed by atoms with Crippen molar-refractivity contribution in [3.63, 3.8) is 0 Å². The van der Waals surface area contributed by atoms with Gasteiger partial charge in [-0.25, -0.2) is 9.97 Å². The fraction of sp³-hybridized carbons (Fsp3) is 0.250. The number of nitrogens with two attached hydrogens (primary N) is 1. The number of carbonyl (C=O) groups excluding carboxylic acids is 1. The van der Waals surface area contributed by atoms with Gasteiger partial charge in [0.1, 0.15) is 5.69 Å². The monoisotopic (exact) mass is 346 g/mol. The molecule has 0 saturated carbocycles. The summed E-state index contributed by atoms with van der Waals surface area (Å²) in [7, 11) is 0. The zero-order valence-corrected chi connectivity index (χ0v) is 14.0. The van der Waals surface area contributed by atoms with E-state index in [-0.39, 0.29) is 17.7 Å². The molecular formula is C20H18N4O2. The standard InChI is InChI=1S/C20H18N4O2/c21-20(26)16-8-5-13-15(23-16)7-6-14(19(13)25)18-12-4-2-1-3-11(12)17-9-22-10-24(17)18/h1-5,8-10,14,18-19,25H,6-7H2,(H2,21,26)/t14-,18?,19-/m1/s1. The maximum atomic E-state index is 11.4. The Labute approximate surface area is 150 Å². The molecule has 1 aliphatic carbocycles. The summed E-state index contributed by atoms with van der Waals surface area (Å²) in [6, 6.07) is 11.7. The van der Waals surface area contributed by atoms with Crippen LogP contribution in [0.4, 0.5) is 0 Å². The Hall–Kier alpha value is -2.99. The van der Waals surface area contributed by atoms with Crippen LogP contribution in [0.15, 0.2) is 48.9 Å². The molecule has 26 heavy (non-hydrogen) atoms. The highest BCUT2D eigenvalue weighted by molar-refractivity contribution is 5.90. The Balaban J connectivity index is 1.57. The summed E-state index contributed by atoms with van der Waals surface area (Å²) >= 11 is 0. The van der Waals surface area contributed by atoms with Gasteiger partial charge in [-0.2, -0.15) is 0 Å². The number of amides is 1. The molecule has 1 amide bonds. The number of carbonyl (C=O) groups is 1. The molecule has 130 valence electrons. The van der Waals surface area contributed by atoms with Crippen LogP contribution in [0.2, 0.25) is 0 Å². The maximum absolute atomic E-state index is 11.4. The van der Waals surface area contributed by atoms with Crippen LogP contribution in [-0.2, 0) is 6.42 Å². The SMILES string of the molecule is NC(=O)c1ccc2c(n1)CC[C@H](C1c3ccccc3-c3cncn31)[C@@H]2O. The van der Waals surface area contributed by atoms with Gasteiger partial charge in [-0.05, 0) is 24.5 Å². The van der Waals surface area contributed by atoms with Crippen molar-refractivity contribution in [1.29, 1.82) is 0 Å². The van der Waals surface area contributed by atoms with E-state index in [9.17, 15) is 9.90 Å². The molecule has 3 aromatic rings. The van der Waals surface area contributed by atoms with E-state index in [2.05, 4.69) is 26.7 Å². The van der Waals surface area contributed by atoms with Gasteiger partial charge in [-0.3, -0.25) is 4.79 Å². The van der Waals surface area contributed by atoms with Crippen LogP contribution >= 0.6 is 0 Å². The van der Waals surface area contributed by atoms with Gasteiger partial charge in [0.05, 0.1) is 30.4 Å². The van der Waals surface area contributed by atoms with Crippen molar-refractivity contribution in [3.05, 3.63) is 71.4 Å². The normalized spacial score (nSPS) is 23.2. The molecule has 0 radical (unpaired) electrons. The second-order valence-electron chi connectivity index (χ2n) is 6.96.